The molecule has 0 radical (unpaired) electrons. The highest BCUT2D eigenvalue weighted by molar-refractivity contribution is 5.85. The minimum Gasteiger partial charge on any atom is -0.281 e. The van der Waals surface area contributed by atoms with Gasteiger partial charge < -0.3 is 0 Å². The molecule has 0 aromatic heterocycles. The van der Waals surface area contributed by atoms with Crippen molar-refractivity contribution in [1.82, 2.24) is 5.01 Å². The maximum Gasteiger partial charge on any atom is 0.236 e. The van der Waals surface area contributed by atoms with Crippen LogP contribution in [0.15, 0.2) is 0 Å². The van der Waals surface area contributed by atoms with Crippen LogP contribution in [0.2, 0.25) is 0 Å². The molecule has 1 fully saturated rings. The van der Waals surface area contributed by atoms with E-state index in [1.807, 2.05) is 0 Å². The molecule has 1 aliphatic heterocycles. The van der Waals surface area contributed by atoms with Gasteiger partial charge >= 0.3 is 0 Å². The van der Waals surface area contributed by atoms with Crippen molar-refractivity contribution in [3.63, 3.8) is 0 Å². The Bertz CT molecular complexity index is 96.0. The zero-order valence-electron chi connectivity index (χ0n) is 4.46. The van der Waals surface area contributed by atoms with Gasteiger partial charge in [-0.3, -0.25) is 9.80 Å². The highest BCUT2D eigenvalue weighted by Crippen LogP contribution is 2.02. The van der Waals surface area contributed by atoms with Gasteiger partial charge in [-0.25, -0.2) is 5.84 Å². The number of hydrazine groups is 1. The Morgan fingerprint density at radius 3 is 2.38 bits per heavy atom. The molecule has 0 aromatic rings. The average Bonchev–Trinajstić information content (AvgIpc) is 1.91. The summed E-state index contributed by atoms with van der Waals surface area (Å²) in [5, 5.41) is 1.26. The fourth-order valence-corrected chi connectivity index (χ4v) is 0.669. The summed E-state index contributed by atoms with van der Waals surface area (Å²) in [7, 11) is 0. The first-order chi connectivity index (χ1) is 3.30. The molecule has 2 N–H and O–H groups in total. The topological polar surface area (TPSA) is 46.3 Å². The van der Waals surface area contributed by atoms with Crippen LogP contribution in [0.1, 0.15) is 12.8 Å². The second-order valence-electron chi connectivity index (χ2n) is 1.69. The first-order valence-electron chi connectivity index (χ1n) is 2.36. The van der Waals surface area contributed by atoms with Gasteiger partial charge in [0, 0.05) is 13.0 Å². The molecule has 0 aliphatic carbocycles. The van der Waals surface area contributed by atoms with Gasteiger partial charge in [0.2, 0.25) is 5.91 Å². The largest absolute Gasteiger partial charge is 0.281 e. The number of hydrogen-bond donors (Lipinski definition) is 1. The predicted molar refractivity (Wildman–Crippen MR) is 32.4 cm³/mol. The van der Waals surface area contributed by atoms with Crippen molar-refractivity contribution in [3.05, 3.63) is 0 Å². The van der Waals surface area contributed by atoms with Crippen LogP contribution in [0.5, 0.6) is 0 Å². The van der Waals surface area contributed by atoms with Crippen molar-refractivity contribution in [2.45, 2.75) is 12.8 Å². The SMILES string of the molecule is Cl.NN1CCCC1=O. The summed E-state index contributed by atoms with van der Waals surface area (Å²) in [4.78, 5) is 10.4. The first kappa shape index (κ1) is 7.72. The van der Waals surface area contributed by atoms with Gasteiger partial charge in [-0.05, 0) is 6.42 Å². The number of nitrogens with two attached hydrogens (primary N) is 1. The Balaban J connectivity index is 0.000000490. The van der Waals surface area contributed by atoms with Gasteiger partial charge in [0.15, 0.2) is 0 Å². The summed E-state index contributed by atoms with van der Waals surface area (Å²) in [6, 6.07) is 0. The van der Waals surface area contributed by atoms with Crippen molar-refractivity contribution in [2.24, 2.45) is 5.84 Å². The molecule has 0 spiro atoms. The van der Waals surface area contributed by atoms with Crippen LogP contribution < -0.4 is 5.84 Å². The zero-order chi connectivity index (χ0) is 5.28. The second kappa shape index (κ2) is 2.89. The lowest BCUT2D eigenvalue weighted by molar-refractivity contribution is -0.127. The van der Waals surface area contributed by atoms with Gasteiger partial charge in [-0.2, -0.15) is 0 Å². The molecule has 0 aromatic carbocycles. The lowest BCUT2D eigenvalue weighted by Gasteiger charge is -2.03. The maximum atomic E-state index is 10.4. The normalized spacial score (nSPS) is 18.6. The molecular formula is C4H9ClN2O. The van der Waals surface area contributed by atoms with Crippen molar-refractivity contribution >= 4 is 18.3 Å². The molecule has 3 nitrogen and oxygen atoms in total. The molecule has 48 valence electrons. The van der Waals surface area contributed by atoms with E-state index in [1.165, 1.54) is 5.01 Å². The summed E-state index contributed by atoms with van der Waals surface area (Å²) < 4.78 is 0. The van der Waals surface area contributed by atoms with E-state index in [1.54, 1.807) is 0 Å². The van der Waals surface area contributed by atoms with Crippen LogP contribution in [0.25, 0.3) is 0 Å². The summed E-state index contributed by atoms with van der Waals surface area (Å²) in [5.74, 6) is 5.23. The number of nitrogens with zero attached hydrogens (tertiary/aromatic N) is 1. The lowest BCUT2D eigenvalue weighted by atomic mass is 10.4. The Morgan fingerprint density at radius 1 is 1.62 bits per heavy atom. The first-order valence-corrected chi connectivity index (χ1v) is 2.36. The van der Waals surface area contributed by atoms with Gasteiger partial charge in [-0.15, -0.1) is 12.4 Å². The lowest BCUT2D eigenvalue weighted by Crippen LogP contribution is -2.31. The van der Waals surface area contributed by atoms with E-state index >= 15 is 0 Å². The van der Waals surface area contributed by atoms with Gasteiger partial charge in [0.1, 0.15) is 0 Å². The number of hydrogen-bond acceptors (Lipinski definition) is 2. The highest BCUT2D eigenvalue weighted by atomic mass is 35.5. The molecule has 0 atom stereocenters. The van der Waals surface area contributed by atoms with Gasteiger partial charge in [0.25, 0.3) is 0 Å². The molecule has 1 heterocycles. The number of carbonyl (C=O) groups is 1. The standard InChI is InChI=1S/C4H8N2O.ClH/c5-6-3-1-2-4(6)7;/h1-3,5H2;1H. The quantitative estimate of drug-likeness (QED) is 0.374. The van der Waals surface area contributed by atoms with Crippen LogP contribution in [0.4, 0.5) is 0 Å². The van der Waals surface area contributed by atoms with Crippen molar-refractivity contribution in [3.8, 4) is 0 Å². The maximum absolute atomic E-state index is 10.4. The van der Waals surface area contributed by atoms with Crippen molar-refractivity contribution in [2.75, 3.05) is 6.54 Å². The van der Waals surface area contributed by atoms with E-state index in [0.717, 1.165) is 13.0 Å². The summed E-state index contributed by atoms with van der Waals surface area (Å²) in [6.45, 7) is 0.735. The number of carbonyl (C=O) groups excluding carboxylic acids is 1. The van der Waals surface area contributed by atoms with Crippen LogP contribution in [0, 0.1) is 0 Å². The molecule has 4 heteroatoms. The van der Waals surface area contributed by atoms with Crippen LogP contribution >= 0.6 is 12.4 Å². The average molecular weight is 137 g/mol. The minimum absolute atomic E-state index is 0. The third-order valence-electron chi connectivity index (χ3n) is 1.11. The van der Waals surface area contributed by atoms with E-state index in [0.29, 0.717) is 6.42 Å². The Morgan fingerprint density at radius 2 is 2.25 bits per heavy atom. The summed E-state index contributed by atoms with van der Waals surface area (Å²) in [5.41, 5.74) is 0. The molecule has 1 rings (SSSR count). The summed E-state index contributed by atoms with van der Waals surface area (Å²) in [6.07, 6.45) is 1.56. The van der Waals surface area contributed by atoms with Crippen molar-refractivity contribution in [1.29, 1.82) is 0 Å². The van der Waals surface area contributed by atoms with E-state index in [-0.39, 0.29) is 18.3 Å². The third kappa shape index (κ3) is 1.35. The molecule has 0 unspecified atom stereocenters. The van der Waals surface area contributed by atoms with Crippen LogP contribution in [-0.2, 0) is 4.79 Å². The van der Waals surface area contributed by atoms with E-state index in [4.69, 9.17) is 5.84 Å². The van der Waals surface area contributed by atoms with Crippen LogP contribution in [0.3, 0.4) is 0 Å². The summed E-state index contributed by atoms with van der Waals surface area (Å²) >= 11 is 0. The molecular weight excluding hydrogens is 128 g/mol. The molecule has 1 saturated heterocycles. The fourth-order valence-electron chi connectivity index (χ4n) is 0.669. The Hall–Kier alpha value is -0.280. The fraction of sp³-hybridized carbons (Fsp3) is 0.750. The second-order valence-corrected chi connectivity index (χ2v) is 1.69. The van der Waals surface area contributed by atoms with E-state index < -0.39 is 0 Å². The minimum atomic E-state index is 0. The van der Waals surface area contributed by atoms with Gasteiger partial charge in [-0.1, -0.05) is 0 Å². The predicted octanol–water partition coefficient (Wildman–Crippen LogP) is -0.0957. The molecule has 1 aliphatic rings. The number of halogens is 1. The highest BCUT2D eigenvalue weighted by Gasteiger charge is 2.15. The molecule has 1 amide bonds. The monoisotopic (exact) mass is 136 g/mol. The zero-order valence-corrected chi connectivity index (χ0v) is 5.28. The molecule has 8 heavy (non-hydrogen) atoms. The third-order valence-corrected chi connectivity index (χ3v) is 1.11. The van der Waals surface area contributed by atoms with Gasteiger partial charge in [0.05, 0.1) is 0 Å². The number of rotatable bonds is 0. The number of amides is 1. The Kier molecular flexibility index (Phi) is 2.79. The van der Waals surface area contributed by atoms with E-state index in [9.17, 15) is 4.79 Å². The van der Waals surface area contributed by atoms with Crippen molar-refractivity contribution < 1.29 is 4.79 Å². The van der Waals surface area contributed by atoms with E-state index in [2.05, 4.69) is 0 Å². The molecule has 0 bridgehead atoms. The smallest absolute Gasteiger partial charge is 0.236 e. The van der Waals surface area contributed by atoms with Crippen LogP contribution in [-0.4, -0.2) is 17.5 Å². The Labute approximate surface area is 54.2 Å². The molecule has 0 saturated carbocycles.